The minimum Gasteiger partial charge on any atom is -0.338 e. The SMILES string of the molecule is CC1C(=O)N(CC(=O)N2CCN(S(=O)(=O)c3ccccc3C#N)CC2)C(=O)N1c1ccc(F)cc1. The molecule has 1 unspecified atom stereocenters. The van der Waals surface area contributed by atoms with Crippen LogP contribution in [-0.2, 0) is 19.6 Å². The summed E-state index contributed by atoms with van der Waals surface area (Å²) in [6, 6.07) is 11.4. The highest BCUT2D eigenvalue weighted by molar-refractivity contribution is 7.89. The fourth-order valence-electron chi connectivity index (χ4n) is 4.14. The molecular weight excluding hydrogens is 477 g/mol. The number of carbonyl (C=O) groups excluding carboxylic acids is 3. The second-order valence-electron chi connectivity index (χ2n) is 8.12. The Hall–Kier alpha value is -3.82. The lowest BCUT2D eigenvalue weighted by atomic mass is 10.2. The highest BCUT2D eigenvalue weighted by Crippen LogP contribution is 2.26. The van der Waals surface area contributed by atoms with Gasteiger partial charge in [-0.25, -0.2) is 17.6 Å². The maximum absolute atomic E-state index is 13.2. The van der Waals surface area contributed by atoms with Gasteiger partial charge in [0.2, 0.25) is 15.9 Å². The second-order valence-corrected chi connectivity index (χ2v) is 10.0. The molecule has 0 bridgehead atoms. The Morgan fingerprint density at radius 3 is 2.31 bits per heavy atom. The van der Waals surface area contributed by atoms with Gasteiger partial charge in [0.05, 0.1) is 10.5 Å². The van der Waals surface area contributed by atoms with E-state index in [-0.39, 0.29) is 36.6 Å². The molecule has 2 aromatic rings. The summed E-state index contributed by atoms with van der Waals surface area (Å²) < 4.78 is 40.4. The van der Waals surface area contributed by atoms with Crippen LogP contribution in [0.15, 0.2) is 53.4 Å². The summed E-state index contributed by atoms with van der Waals surface area (Å²) in [6.07, 6.45) is 0. The minimum absolute atomic E-state index is 0.00777. The highest BCUT2D eigenvalue weighted by atomic mass is 32.2. The quantitative estimate of drug-likeness (QED) is 0.573. The summed E-state index contributed by atoms with van der Waals surface area (Å²) >= 11 is 0. The number of sulfonamides is 1. The van der Waals surface area contributed by atoms with Gasteiger partial charge in [0.1, 0.15) is 24.5 Å². The zero-order chi connectivity index (χ0) is 25.3. The Morgan fingerprint density at radius 1 is 1.06 bits per heavy atom. The summed E-state index contributed by atoms with van der Waals surface area (Å²) in [6.45, 7) is 1.20. The molecule has 2 aliphatic rings. The molecule has 2 heterocycles. The van der Waals surface area contributed by atoms with Crippen LogP contribution in [0.4, 0.5) is 14.9 Å². The molecule has 0 saturated carbocycles. The molecule has 2 saturated heterocycles. The van der Waals surface area contributed by atoms with Crippen LogP contribution >= 0.6 is 0 Å². The van der Waals surface area contributed by atoms with Crippen LogP contribution in [0, 0.1) is 17.1 Å². The molecule has 0 aliphatic carbocycles. The topological polar surface area (TPSA) is 122 Å². The Labute approximate surface area is 201 Å². The fraction of sp³-hybridized carbons (Fsp3) is 0.304. The average Bonchev–Trinajstić information content (AvgIpc) is 3.07. The lowest BCUT2D eigenvalue weighted by Gasteiger charge is -2.34. The fourth-order valence-corrected chi connectivity index (χ4v) is 5.71. The summed E-state index contributed by atoms with van der Waals surface area (Å²) in [7, 11) is -3.92. The van der Waals surface area contributed by atoms with Crippen molar-refractivity contribution in [2.24, 2.45) is 0 Å². The van der Waals surface area contributed by atoms with E-state index in [9.17, 15) is 32.5 Å². The van der Waals surface area contributed by atoms with Gasteiger partial charge in [-0.2, -0.15) is 9.57 Å². The summed E-state index contributed by atoms with van der Waals surface area (Å²) in [5.41, 5.74) is 0.376. The zero-order valence-corrected chi connectivity index (χ0v) is 19.6. The van der Waals surface area contributed by atoms with Gasteiger partial charge in [0, 0.05) is 31.9 Å². The minimum atomic E-state index is -3.92. The largest absolute Gasteiger partial charge is 0.338 e. The van der Waals surface area contributed by atoms with E-state index in [0.29, 0.717) is 5.69 Å². The van der Waals surface area contributed by atoms with Gasteiger partial charge in [-0.05, 0) is 43.3 Å². The smallest absolute Gasteiger partial charge is 0.332 e. The van der Waals surface area contributed by atoms with Crippen molar-refractivity contribution in [2.45, 2.75) is 17.9 Å². The number of nitrogens with zero attached hydrogens (tertiary/aromatic N) is 5. The Balaban J connectivity index is 1.41. The van der Waals surface area contributed by atoms with Gasteiger partial charge < -0.3 is 4.90 Å². The number of hydrogen-bond donors (Lipinski definition) is 0. The van der Waals surface area contributed by atoms with Crippen LogP contribution in [0.3, 0.4) is 0 Å². The Kier molecular flexibility index (Phi) is 6.56. The number of imide groups is 1. The predicted molar refractivity (Wildman–Crippen MR) is 122 cm³/mol. The van der Waals surface area contributed by atoms with Crippen molar-refractivity contribution in [2.75, 3.05) is 37.6 Å². The predicted octanol–water partition coefficient (Wildman–Crippen LogP) is 1.39. The number of urea groups is 1. The number of rotatable bonds is 5. The lowest BCUT2D eigenvalue weighted by Crippen LogP contribution is -2.53. The normalized spacial score (nSPS) is 19.2. The van der Waals surface area contributed by atoms with Crippen molar-refractivity contribution in [3.63, 3.8) is 0 Å². The monoisotopic (exact) mass is 499 g/mol. The molecule has 0 N–H and O–H groups in total. The van der Waals surface area contributed by atoms with Crippen LogP contribution in [0.1, 0.15) is 12.5 Å². The number of hydrogen-bond acceptors (Lipinski definition) is 6. The molecule has 4 amide bonds. The van der Waals surface area contributed by atoms with Crippen molar-refractivity contribution in [3.8, 4) is 6.07 Å². The molecule has 0 aromatic heterocycles. The number of piperazine rings is 1. The van der Waals surface area contributed by atoms with E-state index in [0.717, 1.165) is 4.90 Å². The van der Waals surface area contributed by atoms with Crippen LogP contribution in [0.2, 0.25) is 0 Å². The number of amides is 4. The van der Waals surface area contributed by atoms with Crippen molar-refractivity contribution < 1.29 is 27.2 Å². The molecule has 4 rings (SSSR count). The molecule has 35 heavy (non-hydrogen) atoms. The summed E-state index contributed by atoms with van der Waals surface area (Å²) in [5.74, 6) is -1.53. The van der Waals surface area contributed by atoms with Crippen LogP contribution in [0.5, 0.6) is 0 Å². The van der Waals surface area contributed by atoms with Crippen molar-refractivity contribution in [3.05, 3.63) is 59.9 Å². The van der Waals surface area contributed by atoms with Gasteiger partial charge in [0.15, 0.2) is 0 Å². The number of nitriles is 1. The van der Waals surface area contributed by atoms with Gasteiger partial charge >= 0.3 is 6.03 Å². The molecule has 1 atom stereocenters. The maximum atomic E-state index is 13.2. The third-order valence-electron chi connectivity index (χ3n) is 6.06. The third-order valence-corrected chi connectivity index (χ3v) is 8.02. The van der Waals surface area contributed by atoms with E-state index in [1.807, 2.05) is 6.07 Å². The Bertz CT molecular complexity index is 1320. The average molecular weight is 500 g/mol. The first-order valence-electron chi connectivity index (χ1n) is 10.8. The third kappa shape index (κ3) is 4.48. The van der Waals surface area contributed by atoms with Gasteiger partial charge in [-0.15, -0.1) is 0 Å². The number of benzene rings is 2. The first kappa shape index (κ1) is 24.3. The lowest BCUT2D eigenvalue weighted by molar-refractivity contribution is -0.137. The van der Waals surface area contributed by atoms with Crippen LogP contribution in [0.25, 0.3) is 0 Å². The van der Waals surface area contributed by atoms with E-state index < -0.39 is 46.3 Å². The highest BCUT2D eigenvalue weighted by Gasteiger charge is 2.44. The van der Waals surface area contributed by atoms with Gasteiger partial charge in [-0.3, -0.25) is 19.4 Å². The van der Waals surface area contributed by atoms with Crippen molar-refractivity contribution in [1.82, 2.24) is 14.1 Å². The van der Waals surface area contributed by atoms with Gasteiger partial charge in [0.25, 0.3) is 5.91 Å². The Morgan fingerprint density at radius 2 is 1.69 bits per heavy atom. The standard InChI is InChI=1S/C23H22FN5O5S/c1-16-22(31)28(23(32)29(16)19-8-6-18(24)7-9-19)15-21(30)26-10-12-27(13-11-26)35(33,34)20-5-3-2-4-17(20)14-25/h2-9,16H,10-13,15H2,1H3. The molecule has 2 aliphatic heterocycles. The van der Waals surface area contributed by atoms with Crippen molar-refractivity contribution in [1.29, 1.82) is 5.26 Å². The van der Waals surface area contributed by atoms with Crippen LogP contribution < -0.4 is 4.90 Å². The zero-order valence-electron chi connectivity index (χ0n) is 18.8. The van der Waals surface area contributed by atoms with E-state index in [1.54, 1.807) is 6.07 Å². The second kappa shape index (κ2) is 9.44. The first-order valence-corrected chi connectivity index (χ1v) is 12.3. The molecule has 0 radical (unpaired) electrons. The van der Waals surface area contributed by atoms with E-state index in [1.165, 1.54) is 63.5 Å². The van der Waals surface area contributed by atoms with E-state index in [2.05, 4.69) is 0 Å². The number of anilines is 1. The number of halogens is 1. The summed E-state index contributed by atoms with van der Waals surface area (Å²) in [4.78, 5) is 41.8. The maximum Gasteiger partial charge on any atom is 0.332 e. The molecule has 12 heteroatoms. The van der Waals surface area contributed by atoms with Crippen molar-refractivity contribution >= 4 is 33.6 Å². The molecule has 182 valence electrons. The molecule has 10 nitrogen and oxygen atoms in total. The van der Waals surface area contributed by atoms with Gasteiger partial charge in [-0.1, -0.05) is 12.1 Å². The molecule has 2 aromatic carbocycles. The van der Waals surface area contributed by atoms with Crippen LogP contribution in [-0.4, -0.2) is 79.1 Å². The summed E-state index contributed by atoms with van der Waals surface area (Å²) in [5, 5.41) is 9.23. The van der Waals surface area contributed by atoms with E-state index >= 15 is 0 Å². The van der Waals surface area contributed by atoms with E-state index in [4.69, 9.17) is 0 Å². The molecule has 2 fully saturated rings. The number of carbonyl (C=O) groups is 3. The molecular formula is C23H22FN5O5S. The molecule has 0 spiro atoms. The first-order chi connectivity index (χ1) is 16.6.